The van der Waals surface area contributed by atoms with Crippen LogP contribution in [0.15, 0.2) is 194 Å². The molecule has 5 heteroatoms. The molecule has 0 N–H and O–H groups in total. The van der Waals surface area contributed by atoms with Gasteiger partial charge in [0.1, 0.15) is 0 Å². The van der Waals surface area contributed by atoms with Gasteiger partial charge in [0.05, 0.1) is 11.2 Å². The first-order valence-electron chi connectivity index (χ1n) is 19.1. The third kappa shape index (κ3) is 5.84. The van der Waals surface area contributed by atoms with Crippen LogP contribution in [0.25, 0.3) is 110 Å². The first kappa shape index (κ1) is 33.0. The Morgan fingerprint density at radius 2 is 0.789 bits per heavy atom. The Kier molecular flexibility index (Phi) is 7.97. The molecule has 0 aliphatic carbocycles. The lowest BCUT2D eigenvalue weighted by Gasteiger charge is -2.12. The highest BCUT2D eigenvalue weighted by Crippen LogP contribution is 2.46. The van der Waals surface area contributed by atoms with Crippen LogP contribution in [-0.2, 0) is 0 Å². The standard InChI is InChI=1S/C52H32N4S/c1-4-13-33(14-5-1)35-23-27-38(28-24-35)50-54-51(39-29-25-36(26-30-39)34-15-6-2-7-16-34)56-52(55-50)43-21-12-20-42-47-45(57-49(42)43)32-31-41-46(47)40-19-10-11-22-44(40)53-48(41)37-17-8-3-9-18-37/h1-32H. The molecule has 0 aliphatic heterocycles. The number of hydrogen-bond acceptors (Lipinski definition) is 5. The van der Waals surface area contributed by atoms with Gasteiger partial charge in [-0.1, -0.05) is 176 Å². The molecule has 0 radical (unpaired) electrons. The third-order valence-corrected chi connectivity index (χ3v) is 12.0. The molecule has 0 atom stereocenters. The maximum Gasteiger partial charge on any atom is 0.165 e. The SMILES string of the molecule is c1ccc(-c2ccc(-c3nc(-c4ccc(-c5ccccc5)cc4)nc(-c4cccc5c4sc4ccc6c(-c7ccccc7)nc7ccccc7c6c45)n3)cc2)cc1. The van der Waals surface area contributed by atoms with Crippen LogP contribution in [0.4, 0.5) is 0 Å². The van der Waals surface area contributed by atoms with Gasteiger partial charge in [-0.2, -0.15) is 0 Å². The van der Waals surface area contributed by atoms with Gasteiger partial charge in [-0.25, -0.2) is 19.9 Å². The Balaban J connectivity index is 1.12. The lowest BCUT2D eigenvalue weighted by molar-refractivity contribution is 1.08. The summed E-state index contributed by atoms with van der Waals surface area (Å²) in [5.41, 5.74) is 10.6. The molecule has 3 aromatic heterocycles. The van der Waals surface area contributed by atoms with Crippen molar-refractivity contribution in [2.45, 2.75) is 0 Å². The number of fused-ring (bicyclic) bond motifs is 7. The molecule has 0 amide bonds. The summed E-state index contributed by atoms with van der Waals surface area (Å²) in [5, 5.41) is 5.91. The summed E-state index contributed by atoms with van der Waals surface area (Å²) >= 11 is 1.79. The third-order valence-electron chi connectivity index (χ3n) is 10.7. The highest BCUT2D eigenvalue weighted by atomic mass is 32.1. The molecule has 0 unspecified atom stereocenters. The van der Waals surface area contributed by atoms with E-state index in [1.807, 2.05) is 12.1 Å². The van der Waals surface area contributed by atoms with E-state index in [0.717, 1.165) is 60.1 Å². The second-order valence-corrected chi connectivity index (χ2v) is 15.2. The van der Waals surface area contributed by atoms with Crippen molar-refractivity contribution in [3.05, 3.63) is 194 Å². The van der Waals surface area contributed by atoms with Crippen LogP contribution in [0.1, 0.15) is 0 Å². The van der Waals surface area contributed by atoms with Crippen LogP contribution >= 0.6 is 11.3 Å². The minimum atomic E-state index is 0.634. The second kappa shape index (κ2) is 13.7. The molecule has 266 valence electrons. The zero-order valence-electron chi connectivity index (χ0n) is 30.7. The normalized spacial score (nSPS) is 11.5. The Hall–Kier alpha value is -7.34. The molecule has 4 nitrogen and oxygen atoms in total. The predicted molar refractivity (Wildman–Crippen MR) is 238 cm³/mol. The summed E-state index contributed by atoms with van der Waals surface area (Å²) in [6.45, 7) is 0. The number of aromatic nitrogens is 4. The van der Waals surface area contributed by atoms with Gasteiger partial charge in [0.25, 0.3) is 0 Å². The summed E-state index contributed by atoms with van der Waals surface area (Å²) in [6, 6.07) is 67.9. The van der Waals surface area contributed by atoms with Crippen molar-refractivity contribution < 1.29 is 0 Å². The molecule has 0 saturated heterocycles. The van der Waals surface area contributed by atoms with E-state index in [0.29, 0.717) is 17.5 Å². The van der Waals surface area contributed by atoms with Crippen LogP contribution < -0.4 is 0 Å². The lowest BCUT2D eigenvalue weighted by Crippen LogP contribution is -2.00. The van der Waals surface area contributed by atoms with Crippen LogP contribution in [0.3, 0.4) is 0 Å². The van der Waals surface area contributed by atoms with Crippen LogP contribution in [0, 0.1) is 0 Å². The van der Waals surface area contributed by atoms with E-state index in [1.54, 1.807) is 11.3 Å². The molecular weight excluding hydrogens is 713 g/mol. The summed E-state index contributed by atoms with van der Waals surface area (Å²) in [5.74, 6) is 1.91. The molecular formula is C52H32N4S. The zero-order valence-corrected chi connectivity index (χ0v) is 31.5. The molecule has 0 aliphatic rings. The minimum absolute atomic E-state index is 0.634. The maximum absolute atomic E-state index is 5.23. The molecule has 8 aromatic carbocycles. The van der Waals surface area contributed by atoms with E-state index in [1.165, 1.54) is 32.0 Å². The number of pyridine rings is 1. The van der Waals surface area contributed by atoms with Gasteiger partial charge in [0.2, 0.25) is 0 Å². The quantitative estimate of drug-likeness (QED) is 0.159. The van der Waals surface area contributed by atoms with E-state index in [9.17, 15) is 0 Å². The summed E-state index contributed by atoms with van der Waals surface area (Å²) < 4.78 is 2.35. The molecule has 11 rings (SSSR count). The van der Waals surface area contributed by atoms with Crippen molar-refractivity contribution in [1.82, 2.24) is 19.9 Å². The fourth-order valence-corrected chi connectivity index (χ4v) is 9.18. The molecule has 0 bridgehead atoms. The van der Waals surface area contributed by atoms with Crippen molar-refractivity contribution in [3.63, 3.8) is 0 Å². The summed E-state index contributed by atoms with van der Waals surface area (Å²) in [6.07, 6.45) is 0. The number of rotatable bonds is 6. The number of thiophene rings is 1. The lowest BCUT2D eigenvalue weighted by atomic mass is 9.96. The Bertz CT molecular complexity index is 3150. The van der Waals surface area contributed by atoms with Crippen LogP contribution in [-0.4, -0.2) is 19.9 Å². The second-order valence-electron chi connectivity index (χ2n) is 14.2. The van der Waals surface area contributed by atoms with Gasteiger partial charge < -0.3 is 0 Å². The van der Waals surface area contributed by atoms with Crippen molar-refractivity contribution in [1.29, 1.82) is 0 Å². The number of benzene rings is 8. The first-order valence-corrected chi connectivity index (χ1v) is 19.9. The number of nitrogens with zero attached hydrogens (tertiary/aromatic N) is 4. The van der Waals surface area contributed by atoms with Crippen molar-refractivity contribution in [3.8, 4) is 67.7 Å². The van der Waals surface area contributed by atoms with E-state index in [4.69, 9.17) is 19.9 Å². The fourth-order valence-electron chi connectivity index (χ4n) is 7.96. The molecule has 0 fully saturated rings. The number of para-hydroxylation sites is 1. The maximum atomic E-state index is 5.23. The summed E-state index contributed by atoms with van der Waals surface area (Å²) in [4.78, 5) is 20.8. The van der Waals surface area contributed by atoms with Gasteiger partial charge in [-0.3, -0.25) is 0 Å². The molecule has 0 saturated carbocycles. The fraction of sp³-hybridized carbons (Fsp3) is 0. The van der Waals surface area contributed by atoms with Crippen molar-refractivity contribution >= 4 is 53.2 Å². The zero-order chi connectivity index (χ0) is 37.7. The van der Waals surface area contributed by atoms with E-state index < -0.39 is 0 Å². The van der Waals surface area contributed by atoms with E-state index in [-0.39, 0.29) is 0 Å². The minimum Gasteiger partial charge on any atom is -0.247 e. The Morgan fingerprint density at radius 1 is 0.298 bits per heavy atom. The first-order chi connectivity index (χ1) is 28.2. The van der Waals surface area contributed by atoms with Gasteiger partial charge >= 0.3 is 0 Å². The molecule has 11 aromatic rings. The number of hydrogen-bond donors (Lipinski definition) is 0. The van der Waals surface area contributed by atoms with Gasteiger partial charge in [-0.05, 0) is 40.5 Å². The van der Waals surface area contributed by atoms with Crippen molar-refractivity contribution in [2.24, 2.45) is 0 Å². The highest BCUT2D eigenvalue weighted by Gasteiger charge is 2.20. The summed E-state index contributed by atoms with van der Waals surface area (Å²) in [7, 11) is 0. The van der Waals surface area contributed by atoms with Crippen molar-refractivity contribution in [2.75, 3.05) is 0 Å². The predicted octanol–water partition coefficient (Wildman–Crippen LogP) is 13.9. The molecule has 57 heavy (non-hydrogen) atoms. The highest BCUT2D eigenvalue weighted by molar-refractivity contribution is 7.26. The average molecular weight is 745 g/mol. The molecule has 3 heterocycles. The molecule has 0 spiro atoms. The average Bonchev–Trinajstić information content (AvgIpc) is 3.69. The van der Waals surface area contributed by atoms with E-state index in [2.05, 4.69) is 182 Å². The smallest absolute Gasteiger partial charge is 0.165 e. The van der Waals surface area contributed by atoms with Crippen LogP contribution in [0.2, 0.25) is 0 Å². The van der Waals surface area contributed by atoms with Gasteiger partial charge in [0.15, 0.2) is 17.5 Å². The largest absolute Gasteiger partial charge is 0.247 e. The van der Waals surface area contributed by atoms with Crippen LogP contribution in [0.5, 0.6) is 0 Å². The topological polar surface area (TPSA) is 51.6 Å². The van der Waals surface area contributed by atoms with E-state index >= 15 is 0 Å². The van der Waals surface area contributed by atoms with Gasteiger partial charge in [-0.15, -0.1) is 11.3 Å². The monoisotopic (exact) mass is 744 g/mol. The Morgan fingerprint density at radius 3 is 1.40 bits per heavy atom. The Labute approximate surface area is 333 Å². The van der Waals surface area contributed by atoms with Gasteiger partial charge in [0, 0.05) is 58.6 Å².